The van der Waals surface area contributed by atoms with Gasteiger partial charge in [0, 0.05) is 11.1 Å². The van der Waals surface area contributed by atoms with Gasteiger partial charge in [-0.1, -0.05) is 75.4 Å². The van der Waals surface area contributed by atoms with E-state index in [1.54, 1.807) is 4.57 Å². The Morgan fingerprint density at radius 2 is 1.59 bits per heavy atom. The van der Waals surface area contributed by atoms with Crippen LogP contribution in [0.3, 0.4) is 0 Å². The summed E-state index contributed by atoms with van der Waals surface area (Å²) in [6.07, 6.45) is 0. The third-order valence-corrected chi connectivity index (χ3v) is 6.37. The van der Waals surface area contributed by atoms with Crippen molar-refractivity contribution >= 4 is 10.9 Å². The van der Waals surface area contributed by atoms with Crippen LogP contribution in [-0.4, -0.2) is 4.57 Å². The zero-order chi connectivity index (χ0) is 24.0. The average molecular weight is 448 g/mol. The Hall–Kier alpha value is -4.30. The van der Waals surface area contributed by atoms with Crippen LogP contribution in [0.2, 0.25) is 0 Å². The van der Waals surface area contributed by atoms with Gasteiger partial charge in [-0.25, -0.2) is 0 Å². The average Bonchev–Trinajstić information content (AvgIpc) is 2.83. The van der Waals surface area contributed by atoms with Crippen molar-refractivity contribution in [2.24, 2.45) is 5.73 Å². The van der Waals surface area contributed by atoms with E-state index in [9.17, 15) is 10.1 Å². The van der Waals surface area contributed by atoms with Crippen LogP contribution in [0, 0.1) is 11.3 Å². The molecule has 0 unspecified atom stereocenters. The predicted octanol–water partition coefficient (Wildman–Crippen LogP) is 5.51. The maximum Gasteiger partial charge on any atom is 0.263 e. The Balaban J connectivity index is 1.85. The van der Waals surface area contributed by atoms with Crippen molar-refractivity contribution in [2.45, 2.75) is 32.1 Å². The highest BCUT2D eigenvalue weighted by Crippen LogP contribution is 2.44. The Bertz CT molecular complexity index is 1530. The number of pyridine rings is 1. The second-order valence-corrected chi connectivity index (χ2v) is 9.53. The predicted molar refractivity (Wildman–Crippen MR) is 134 cm³/mol. The van der Waals surface area contributed by atoms with Crippen LogP contribution in [-0.2, 0) is 5.41 Å². The Labute approximate surface area is 198 Å². The van der Waals surface area contributed by atoms with Gasteiger partial charge >= 0.3 is 0 Å². The SMILES string of the molecule is CC(C)(C)c1ccc([C@H]2C(C#N)=C(N)Oc3c2c(=O)n(-c2ccccc2)c2ccccc32)cc1. The van der Waals surface area contributed by atoms with Crippen LogP contribution < -0.4 is 16.0 Å². The van der Waals surface area contributed by atoms with Gasteiger partial charge < -0.3 is 10.5 Å². The summed E-state index contributed by atoms with van der Waals surface area (Å²) in [5, 5.41) is 10.8. The van der Waals surface area contributed by atoms with Crippen molar-refractivity contribution in [3.63, 3.8) is 0 Å². The summed E-state index contributed by atoms with van der Waals surface area (Å²) in [5.74, 6) is -0.189. The quantitative estimate of drug-likeness (QED) is 0.440. The number of nitriles is 1. The summed E-state index contributed by atoms with van der Waals surface area (Å²) < 4.78 is 7.66. The molecule has 2 heterocycles. The molecule has 1 aliphatic heterocycles. The van der Waals surface area contributed by atoms with E-state index in [1.165, 1.54) is 5.56 Å². The van der Waals surface area contributed by atoms with Gasteiger partial charge in [0.2, 0.25) is 5.88 Å². The highest BCUT2D eigenvalue weighted by atomic mass is 16.5. The number of ether oxygens (including phenoxy) is 1. The fourth-order valence-corrected chi connectivity index (χ4v) is 4.61. The molecule has 34 heavy (non-hydrogen) atoms. The molecule has 0 saturated carbocycles. The number of benzene rings is 3. The molecule has 0 amide bonds. The number of nitrogens with two attached hydrogens (primary N) is 1. The largest absolute Gasteiger partial charge is 0.439 e. The number of hydrogen-bond donors (Lipinski definition) is 1. The summed E-state index contributed by atoms with van der Waals surface area (Å²) in [7, 11) is 0. The number of fused-ring (bicyclic) bond motifs is 3. The van der Waals surface area contributed by atoms with E-state index in [0.29, 0.717) is 16.8 Å². The molecule has 1 atom stereocenters. The lowest BCUT2D eigenvalue weighted by molar-refractivity contribution is 0.396. The molecule has 5 rings (SSSR count). The van der Waals surface area contributed by atoms with Crippen molar-refractivity contribution in [1.29, 1.82) is 5.26 Å². The minimum Gasteiger partial charge on any atom is -0.439 e. The van der Waals surface area contributed by atoms with Crippen LogP contribution in [0.15, 0.2) is 95.1 Å². The summed E-state index contributed by atoms with van der Waals surface area (Å²) in [6, 6.07) is 27.3. The van der Waals surface area contributed by atoms with Gasteiger partial charge in [0.15, 0.2) is 0 Å². The maximum absolute atomic E-state index is 14.1. The van der Waals surface area contributed by atoms with E-state index in [0.717, 1.165) is 16.6 Å². The molecule has 1 aliphatic rings. The van der Waals surface area contributed by atoms with Gasteiger partial charge in [-0.2, -0.15) is 5.26 Å². The van der Waals surface area contributed by atoms with E-state index in [1.807, 2.05) is 78.9 Å². The molecule has 0 radical (unpaired) electrons. The van der Waals surface area contributed by atoms with Crippen molar-refractivity contribution in [1.82, 2.24) is 4.57 Å². The highest BCUT2D eigenvalue weighted by Gasteiger charge is 2.36. The zero-order valence-corrected chi connectivity index (χ0v) is 19.4. The van der Waals surface area contributed by atoms with E-state index in [2.05, 4.69) is 26.8 Å². The number of para-hydroxylation sites is 2. The molecule has 0 saturated heterocycles. The van der Waals surface area contributed by atoms with Crippen LogP contribution in [0.4, 0.5) is 0 Å². The fourth-order valence-electron chi connectivity index (χ4n) is 4.61. The van der Waals surface area contributed by atoms with Crippen LogP contribution in [0.5, 0.6) is 5.75 Å². The minimum absolute atomic E-state index is 0.0186. The summed E-state index contributed by atoms with van der Waals surface area (Å²) in [4.78, 5) is 14.1. The first kappa shape index (κ1) is 21.5. The lowest BCUT2D eigenvalue weighted by Crippen LogP contribution is -2.31. The first-order valence-electron chi connectivity index (χ1n) is 11.2. The molecule has 0 spiro atoms. The van der Waals surface area contributed by atoms with Crippen molar-refractivity contribution in [2.75, 3.05) is 0 Å². The molecule has 3 aromatic carbocycles. The molecule has 5 heteroatoms. The van der Waals surface area contributed by atoms with Gasteiger partial charge in [-0.3, -0.25) is 9.36 Å². The second-order valence-electron chi connectivity index (χ2n) is 9.53. The topological polar surface area (TPSA) is 81.0 Å². The summed E-state index contributed by atoms with van der Waals surface area (Å²) >= 11 is 0. The van der Waals surface area contributed by atoms with Gasteiger partial charge in [0.05, 0.1) is 17.0 Å². The molecule has 0 bridgehead atoms. The Kier molecular flexibility index (Phi) is 5.02. The van der Waals surface area contributed by atoms with Gasteiger partial charge in [-0.05, 0) is 40.8 Å². The zero-order valence-electron chi connectivity index (χ0n) is 19.4. The van der Waals surface area contributed by atoms with Crippen LogP contribution in [0.1, 0.15) is 43.4 Å². The third-order valence-electron chi connectivity index (χ3n) is 6.37. The standard InChI is InChI=1S/C29H25N3O2/c1-29(2,3)19-15-13-18(14-16-19)24-22(17-30)27(31)34-26-21-11-7-8-12-23(21)32(28(33)25(24)26)20-9-5-4-6-10-20/h4-16,24H,31H2,1-3H3/t24-/m0/s1. The van der Waals surface area contributed by atoms with Crippen LogP contribution in [0.25, 0.3) is 16.6 Å². The van der Waals surface area contributed by atoms with Crippen molar-refractivity contribution < 1.29 is 4.74 Å². The monoisotopic (exact) mass is 447 g/mol. The smallest absolute Gasteiger partial charge is 0.263 e. The Morgan fingerprint density at radius 3 is 2.24 bits per heavy atom. The summed E-state index contributed by atoms with van der Waals surface area (Å²) in [5.41, 5.74) is 10.1. The van der Waals surface area contributed by atoms with E-state index < -0.39 is 5.92 Å². The molecule has 5 nitrogen and oxygen atoms in total. The molecular formula is C29H25N3O2. The first-order chi connectivity index (χ1) is 16.3. The highest BCUT2D eigenvalue weighted by molar-refractivity contribution is 5.89. The number of nitrogens with zero attached hydrogens (tertiary/aromatic N) is 2. The normalized spacial score (nSPS) is 15.5. The van der Waals surface area contributed by atoms with Gasteiger partial charge in [-0.15, -0.1) is 0 Å². The number of aromatic nitrogens is 1. The Morgan fingerprint density at radius 1 is 0.941 bits per heavy atom. The van der Waals surface area contributed by atoms with E-state index in [4.69, 9.17) is 10.5 Å². The van der Waals surface area contributed by atoms with Gasteiger partial charge in [0.1, 0.15) is 17.4 Å². The molecule has 4 aromatic rings. The molecular weight excluding hydrogens is 422 g/mol. The number of rotatable bonds is 2. The van der Waals surface area contributed by atoms with E-state index >= 15 is 0 Å². The lowest BCUT2D eigenvalue weighted by atomic mass is 9.81. The molecule has 1 aromatic heterocycles. The maximum atomic E-state index is 14.1. The molecule has 168 valence electrons. The molecule has 0 aliphatic carbocycles. The number of allylic oxidation sites excluding steroid dienone is 1. The first-order valence-corrected chi connectivity index (χ1v) is 11.2. The fraction of sp³-hybridized carbons (Fsp3) is 0.172. The van der Waals surface area contributed by atoms with Crippen molar-refractivity contribution in [3.8, 4) is 17.5 Å². The minimum atomic E-state index is -0.630. The molecule has 2 N–H and O–H groups in total. The molecule has 0 fully saturated rings. The number of hydrogen-bond acceptors (Lipinski definition) is 4. The lowest BCUT2D eigenvalue weighted by Gasteiger charge is -2.28. The van der Waals surface area contributed by atoms with E-state index in [-0.39, 0.29) is 22.4 Å². The van der Waals surface area contributed by atoms with Crippen molar-refractivity contribution in [3.05, 3.63) is 117 Å². The summed E-state index contributed by atoms with van der Waals surface area (Å²) in [6.45, 7) is 6.44. The second kappa shape index (κ2) is 7.93. The third kappa shape index (κ3) is 3.36. The van der Waals surface area contributed by atoms with Gasteiger partial charge in [0.25, 0.3) is 5.56 Å². The van der Waals surface area contributed by atoms with Crippen LogP contribution >= 0.6 is 0 Å².